The fourth-order valence-corrected chi connectivity index (χ4v) is 3.25. The molecule has 0 aliphatic heterocycles. The van der Waals surface area contributed by atoms with Crippen LogP contribution in [0.5, 0.6) is 17.2 Å². The molecular weight excluding hydrogens is 464 g/mol. The zero-order chi connectivity index (χ0) is 25.3. The molecule has 2 aromatic heterocycles. The molecule has 0 aliphatic carbocycles. The number of tetrazole rings is 1. The van der Waals surface area contributed by atoms with Crippen molar-refractivity contribution in [2.24, 2.45) is 5.16 Å². The largest absolute Gasteiger partial charge is 0.497 e. The van der Waals surface area contributed by atoms with Crippen LogP contribution in [0.2, 0.25) is 0 Å². The molecule has 2 heterocycles. The van der Waals surface area contributed by atoms with Crippen molar-refractivity contribution in [2.45, 2.75) is 33.3 Å². The van der Waals surface area contributed by atoms with Gasteiger partial charge in [-0.1, -0.05) is 29.4 Å². The lowest BCUT2D eigenvalue weighted by Gasteiger charge is -2.13. The van der Waals surface area contributed by atoms with E-state index in [1.807, 2.05) is 51.1 Å². The first kappa shape index (κ1) is 24.7. The van der Waals surface area contributed by atoms with E-state index in [1.54, 1.807) is 25.3 Å². The van der Waals surface area contributed by atoms with Crippen LogP contribution in [0.1, 0.15) is 33.0 Å². The first-order chi connectivity index (χ1) is 17.6. The quantitative estimate of drug-likeness (QED) is 0.172. The predicted molar refractivity (Wildman–Crippen MR) is 132 cm³/mol. The molecule has 0 radical (unpaired) electrons. The highest BCUT2D eigenvalue weighted by atomic mass is 16.6. The summed E-state index contributed by atoms with van der Waals surface area (Å²) in [7, 11) is 1.62. The van der Waals surface area contributed by atoms with E-state index >= 15 is 0 Å². The summed E-state index contributed by atoms with van der Waals surface area (Å²) in [5.74, 6) is 2.72. The first-order valence-electron chi connectivity index (χ1n) is 11.5. The zero-order valence-corrected chi connectivity index (χ0v) is 20.6. The molecule has 0 spiro atoms. The molecule has 4 aromatic rings. The Hall–Kier alpha value is -4.41. The summed E-state index contributed by atoms with van der Waals surface area (Å²) < 4.78 is 22.9. The topological polar surface area (TPSA) is 130 Å². The van der Waals surface area contributed by atoms with Gasteiger partial charge in [0.1, 0.15) is 36.2 Å². The number of nitrogens with one attached hydrogen (secondary N) is 1. The summed E-state index contributed by atoms with van der Waals surface area (Å²) in [6.45, 7) is 6.41. The minimum absolute atomic E-state index is 0.0258. The molecule has 0 bridgehead atoms. The number of nitrogens with zero attached hydrogens (tertiary/aromatic N) is 5. The SMILES string of the molecule is CCCO/N=C(\COc1cc(OC(C)C)cc(-c2nn[nH]n2)c1)c1cc(-c2cccc(OC)c2)no1. The molecule has 0 saturated heterocycles. The second kappa shape index (κ2) is 11.8. The highest BCUT2D eigenvalue weighted by Crippen LogP contribution is 2.29. The maximum absolute atomic E-state index is 6.08. The molecule has 36 heavy (non-hydrogen) atoms. The highest BCUT2D eigenvalue weighted by Gasteiger charge is 2.16. The number of ether oxygens (including phenoxy) is 3. The predicted octanol–water partition coefficient (Wildman–Crippen LogP) is 4.53. The van der Waals surface area contributed by atoms with E-state index in [1.165, 1.54) is 0 Å². The number of oxime groups is 1. The first-order valence-corrected chi connectivity index (χ1v) is 11.5. The van der Waals surface area contributed by atoms with Crippen molar-refractivity contribution < 1.29 is 23.6 Å². The molecule has 2 aromatic carbocycles. The highest BCUT2D eigenvalue weighted by molar-refractivity contribution is 5.99. The van der Waals surface area contributed by atoms with Crippen molar-refractivity contribution >= 4 is 5.71 Å². The number of H-pyrrole nitrogens is 1. The van der Waals surface area contributed by atoms with E-state index in [0.717, 1.165) is 17.7 Å². The van der Waals surface area contributed by atoms with Gasteiger partial charge >= 0.3 is 0 Å². The van der Waals surface area contributed by atoms with Crippen LogP contribution in [0.25, 0.3) is 22.6 Å². The third-order valence-corrected chi connectivity index (χ3v) is 4.86. The number of aromatic amines is 1. The van der Waals surface area contributed by atoms with Crippen LogP contribution >= 0.6 is 0 Å². The van der Waals surface area contributed by atoms with Crippen LogP contribution in [-0.2, 0) is 4.84 Å². The van der Waals surface area contributed by atoms with Gasteiger partial charge in [0.15, 0.2) is 11.5 Å². The summed E-state index contributed by atoms with van der Waals surface area (Å²) in [5.41, 5.74) is 2.63. The Morgan fingerprint density at radius 2 is 1.89 bits per heavy atom. The molecule has 0 unspecified atom stereocenters. The van der Waals surface area contributed by atoms with E-state index in [4.69, 9.17) is 23.6 Å². The van der Waals surface area contributed by atoms with Gasteiger partial charge in [-0.15, -0.1) is 10.2 Å². The lowest BCUT2D eigenvalue weighted by atomic mass is 10.1. The second-order valence-corrected chi connectivity index (χ2v) is 8.06. The Kier molecular flexibility index (Phi) is 8.12. The molecule has 0 fully saturated rings. The van der Waals surface area contributed by atoms with E-state index in [9.17, 15) is 0 Å². The lowest BCUT2D eigenvalue weighted by Crippen LogP contribution is -2.14. The Bertz CT molecular complexity index is 1290. The average molecular weight is 493 g/mol. The van der Waals surface area contributed by atoms with Crippen molar-refractivity contribution in [1.29, 1.82) is 0 Å². The minimum atomic E-state index is -0.0258. The van der Waals surface area contributed by atoms with Crippen LogP contribution < -0.4 is 14.2 Å². The molecule has 188 valence electrons. The Morgan fingerprint density at radius 1 is 1.06 bits per heavy atom. The second-order valence-electron chi connectivity index (χ2n) is 8.06. The number of aromatic nitrogens is 5. The molecule has 4 rings (SSSR count). The molecule has 0 atom stereocenters. The van der Waals surface area contributed by atoms with E-state index < -0.39 is 0 Å². The van der Waals surface area contributed by atoms with Gasteiger partial charge < -0.3 is 23.6 Å². The van der Waals surface area contributed by atoms with Crippen LogP contribution in [0.4, 0.5) is 0 Å². The summed E-state index contributed by atoms with van der Waals surface area (Å²) >= 11 is 0. The number of rotatable bonds is 12. The fraction of sp³-hybridized carbons (Fsp3) is 0.320. The maximum atomic E-state index is 6.08. The third-order valence-electron chi connectivity index (χ3n) is 4.86. The molecular formula is C25H28N6O5. The van der Waals surface area contributed by atoms with Crippen molar-refractivity contribution in [1.82, 2.24) is 25.8 Å². The normalized spacial score (nSPS) is 11.5. The van der Waals surface area contributed by atoms with Gasteiger partial charge in [0.05, 0.1) is 13.2 Å². The van der Waals surface area contributed by atoms with Crippen molar-refractivity contribution in [3.63, 3.8) is 0 Å². The molecule has 11 nitrogen and oxygen atoms in total. The summed E-state index contributed by atoms with van der Waals surface area (Å²) in [6.07, 6.45) is 0.785. The number of benzene rings is 2. The Balaban J connectivity index is 1.58. The standard InChI is InChI=1S/C25H28N6O5/c1-5-9-34-28-23(24-14-22(29-36-24)17-7-6-8-19(10-17)32-4)15-33-20-11-18(25-26-30-31-27-25)12-21(13-20)35-16(2)3/h6-8,10-14,16H,5,9,15H2,1-4H3,(H,26,27,30,31)/b28-23+. The smallest absolute Gasteiger partial charge is 0.204 e. The van der Waals surface area contributed by atoms with Gasteiger partial charge in [-0.2, -0.15) is 5.21 Å². The minimum Gasteiger partial charge on any atom is -0.497 e. The lowest BCUT2D eigenvalue weighted by molar-refractivity contribution is 0.142. The number of methoxy groups -OCH3 is 1. The van der Waals surface area contributed by atoms with E-state index in [0.29, 0.717) is 46.7 Å². The van der Waals surface area contributed by atoms with Crippen LogP contribution in [0.3, 0.4) is 0 Å². The van der Waals surface area contributed by atoms with Gasteiger partial charge in [0.25, 0.3) is 0 Å². The maximum Gasteiger partial charge on any atom is 0.204 e. The summed E-state index contributed by atoms with van der Waals surface area (Å²) in [6, 6.07) is 14.7. The summed E-state index contributed by atoms with van der Waals surface area (Å²) in [5, 5.41) is 22.6. The molecule has 11 heteroatoms. The van der Waals surface area contributed by atoms with E-state index in [2.05, 4.69) is 30.9 Å². The van der Waals surface area contributed by atoms with Crippen molar-refractivity contribution in [2.75, 3.05) is 20.3 Å². The van der Waals surface area contributed by atoms with Gasteiger partial charge in [-0.25, -0.2) is 0 Å². The monoisotopic (exact) mass is 492 g/mol. The number of hydrogen-bond acceptors (Lipinski definition) is 10. The molecule has 0 aliphatic rings. The fourth-order valence-electron chi connectivity index (χ4n) is 3.25. The van der Waals surface area contributed by atoms with Crippen molar-refractivity contribution in [3.05, 3.63) is 54.3 Å². The molecule has 0 amide bonds. The van der Waals surface area contributed by atoms with Crippen LogP contribution in [-0.4, -0.2) is 57.9 Å². The van der Waals surface area contributed by atoms with Crippen molar-refractivity contribution in [3.8, 4) is 39.9 Å². The average Bonchev–Trinajstić information content (AvgIpc) is 3.59. The van der Waals surface area contributed by atoms with Gasteiger partial charge in [0, 0.05) is 23.3 Å². The Morgan fingerprint density at radius 3 is 2.64 bits per heavy atom. The van der Waals surface area contributed by atoms with Gasteiger partial charge in [-0.3, -0.25) is 0 Å². The van der Waals surface area contributed by atoms with Gasteiger partial charge in [0.2, 0.25) is 5.82 Å². The third kappa shape index (κ3) is 6.38. The summed E-state index contributed by atoms with van der Waals surface area (Å²) in [4.78, 5) is 5.44. The van der Waals surface area contributed by atoms with Crippen LogP contribution in [0, 0.1) is 0 Å². The molecule has 0 saturated carbocycles. The zero-order valence-electron chi connectivity index (χ0n) is 20.6. The van der Waals surface area contributed by atoms with Gasteiger partial charge in [-0.05, 0) is 49.7 Å². The Labute approximate surface area is 208 Å². The van der Waals surface area contributed by atoms with Crippen LogP contribution in [0.15, 0.2) is 58.2 Å². The van der Waals surface area contributed by atoms with E-state index in [-0.39, 0.29) is 12.7 Å². The molecule has 1 N–H and O–H groups in total. The number of hydrogen-bond donors (Lipinski definition) is 1.